The van der Waals surface area contributed by atoms with Gasteiger partial charge in [-0.1, -0.05) is 43.3 Å². The first kappa shape index (κ1) is 21.1. The Morgan fingerprint density at radius 3 is 2.30 bits per heavy atom. The lowest BCUT2D eigenvalue weighted by Gasteiger charge is -2.22. The van der Waals surface area contributed by atoms with Crippen LogP contribution in [0.15, 0.2) is 58.1 Å². The van der Waals surface area contributed by atoms with Crippen LogP contribution in [0.3, 0.4) is 0 Å². The number of aromatic hydroxyl groups is 1. The summed E-state index contributed by atoms with van der Waals surface area (Å²) in [7, 11) is 3.16. The van der Waals surface area contributed by atoms with Crippen molar-refractivity contribution >= 4 is 23.0 Å². The highest BCUT2D eigenvalue weighted by Crippen LogP contribution is 2.32. The van der Waals surface area contributed by atoms with Crippen LogP contribution in [0.4, 0.5) is 17.1 Å². The molecule has 0 aromatic heterocycles. The lowest BCUT2D eigenvalue weighted by atomic mass is 10.0. The summed E-state index contributed by atoms with van der Waals surface area (Å²) in [5.74, 6) is -0.639. The number of nitrogens with zero attached hydrogens (tertiary/aromatic N) is 1. The zero-order chi connectivity index (χ0) is 21.8. The molecule has 0 bridgehead atoms. The predicted molar refractivity (Wildman–Crippen MR) is 119 cm³/mol. The van der Waals surface area contributed by atoms with Crippen LogP contribution in [0.25, 0.3) is 0 Å². The van der Waals surface area contributed by atoms with E-state index in [1.54, 1.807) is 26.2 Å². The Balaban J connectivity index is 1.84. The van der Waals surface area contributed by atoms with Crippen LogP contribution in [-0.2, 0) is 6.42 Å². The number of phenols is 1. The van der Waals surface area contributed by atoms with Crippen LogP contribution in [0.2, 0.25) is 0 Å². The number of phenolic OH excluding ortho intramolecular Hbond substituents is 1. The van der Waals surface area contributed by atoms with Gasteiger partial charge in [0, 0.05) is 20.1 Å². The number of para-hydroxylation sites is 1. The molecule has 0 aliphatic heterocycles. The second-order valence-electron chi connectivity index (χ2n) is 7.37. The van der Waals surface area contributed by atoms with Crippen LogP contribution in [0.1, 0.15) is 29.3 Å². The van der Waals surface area contributed by atoms with Crippen molar-refractivity contribution in [2.24, 2.45) is 0 Å². The van der Waals surface area contributed by atoms with Gasteiger partial charge in [0.25, 0.3) is 16.8 Å². The molecule has 1 atom stereocenters. The Morgan fingerprint density at radius 1 is 1.00 bits per heavy atom. The summed E-state index contributed by atoms with van der Waals surface area (Å²) in [6.07, 6.45) is 1.46. The van der Waals surface area contributed by atoms with Crippen molar-refractivity contribution in [3.8, 4) is 5.75 Å². The molecular weight excluding hydrogens is 382 g/mol. The van der Waals surface area contributed by atoms with E-state index in [4.69, 9.17) is 0 Å². The maximum absolute atomic E-state index is 12.2. The van der Waals surface area contributed by atoms with Gasteiger partial charge in [0.15, 0.2) is 5.75 Å². The number of carbonyl (C=O) groups excluding carboxylic acids is 1. The van der Waals surface area contributed by atoms with Crippen LogP contribution >= 0.6 is 0 Å². The molecule has 0 aliphatic rings. The van der Waals surface area contributed by atoms with Gasteiger partial charge >= 0.3 is 0 Å². The highest BCUT2D eigenvalue weighted by molar-refractivity contribution is 5.99. The van der Waals surface area contributed by atoms with Crippen molar-refractivity contribution in [1.29, 1.82) is 0 Å². The number of carbonyl (C=O) groups is 1. The average Bonchev–Trinajstić information content (AvgIpc) is 2.76. The molecule has 3 rings (SSSR count). The molecule has 30 heavy (non-hydrogen) atoms. The predicted octanol–water partition coefficient (Wildman–Crippen LogP) is 2.87. The SMILES string of the molecule is CC[C@@H](Cc1ccccc1)Nc1c(Nc2cccc(C(=O)N(C)C)c2O)c(=O)c1=O. The van der Waals surface area contributed by atoms with Crippen molar-refractivity contribution < 1.29 is 9.90 Å². The Kier molecular flexibility index (Phi) is 6.20. The number of hydrogen-bond donors (Lipinski definition) is 3. The van der Waals surface area contributed by atoms with E-state index in [0.29, 0.717) is 6.42 Å². The van der Waals surface area contributed by atoms with Gasteiger partial charge in [-0.25, -0.2) is 0 Å². The zero-order valence-electron chi connectivity index (χ0n) is 17.2. The first-order valence-corrected chi connectivity index (χ1v) is 9.77. The van der Waals surface area contributed by atoms with Gasteiger partial charge in [-0.3, -0.25) is 14.4 Å². The van der Waals surface area contributed by atoms with E-state index in [0.717, 1.165) is 12.0 Å². The Hall–Kier alpha value is -3.61. The largest absolute Gasteiger partial charge is 0.505 e. The van der Waals surface area contributed by atoms with E-state index in [1.807, 2.05) is 37.3 Å². The lowest BCUT2D eigenvalue weighted by Crippen LogP contribution is -2.39. The molecule has 0 radical (unpaired) electrons. The average molecular weight is 407 g/mol. The third-order valence-electron chi connectivity index (χ3n) is 5.01. The highest BCUT2D eigenvalue weighted by atomic mass is 16.3. The lowest BCUT2D eigenvalue weighted by molar-refractivity contribution is 0.0824. The monoisotopic (exact) mass is 407 g/mol. The van der Waals surface area contributed by atoms with Gasteiger partial charge in [0.2, 0.25) is 0 Å². The van der Waals surface area contributed by atoms with Crippen molar-refractivity contribution in [1.82, 2.24) is 4.90 Å². The molecule has 3 N–H and O–H groups in total. The molecule has 7 nitrogen and oxygen atoms in total. The summed E-state index contributed by atoms with van der Waals surface area (Å²) >= 11 is 0. The minimum absolute atomic E-state index is 0.0356. The van der Waals surface area contributed by atoms with Crippen molar-refractivity contribution in [3.05, 3.63) is 80.1 Å². The van der Waals surface area contributed by atoms with Crippen LogP contribution in [0.5, 0.6) is 5.75 Å². The molecule has 0 saturated carbocycles. The summed E-state index contributed by atoms with van der Waals surface area (Å²) in [5.41, 5.74) is 0.461. The normalized spacial score (nSPS) is 11.8. The molecule has 0 saturated heterocycles. The first-order valence-electron chi connectivity index (χ1n) is 9.77. The molecule has 0 aliphatic carbocycles. The van der Waals surface area contributed by atoms with Crippen LogP contribution in [0, 0.1) is 0 Å². The standard InChI is InChI=1S/C23H25N3O4/c1-4-15(13-14-9-6-5-7-10-14)24-18-19(22(29)21(18)28)25-17-12-8-11-16(20(17)27)23(30)26(2)3/h5-12,15,24-25,27H,4,13H2,1-3H3/t15-/m0/s1. The molecule has 0 heterocycles. The van der Waals surface area contributed by atoms with Gasteiger partial charge in [-0.2, -0.15) is 0 Å². The first-order chi connectivity index (χ1) is 14.3. The molecule has 156 valence electrons. The number of hydrogen-bond acceptors (Lipinski definition) is 6. The molecule has 0 fully saturated rings. The van der Waals surface area contributed by atoms with E-state index in [2.05, 4.69) is 10.6 Å². The smallest absolute Gasteiger partial charge is 0.257 e. The molecular formula is C23H25N3O4. The topological polar surface area (TPSA) is 98.7 Å². The molecule has 0 spiro atoms. The Bertz CT molecular complexity index is 1120. The molecule has 3 aromatic carbocycles. The van der Waals surface area contributed by atoms with E-state index in [1.165, 1.54) is 11.0 Å². The maximum atomic E-state index is 12.2. The number of amides is 1. The highest BCUT2D eigenvalue weighted by Gasteiger charge is 2.25. The number of nitrogens with one attached hydrogen (secondary N) is 2. The van der Waals surface area contributed by atoms with Gasteiger partial charge in [-0.05, 0) is 30.5 Å². The fourth-order valence-corrected chi connectivity index (χ4v) is 3.24. The van der Waals surface area contributed by atoms with E-state index < -0.39 is 10.9 Å². The summed E-state index contributed by atoms with van der Waals surface area (Å²) < 4.78 is 0. The Labute approximate surface area is 174 Å². The number of rotatable bonds is 8. The summed E-state index contributed by atoms with van der Waals surface area (Å²) in [4.78, 5) is 37.9. The van der Waals surface area contributed by atoms with Gasteiger partial charge in [-0.15, -0.1) is 0 Å². The molecule has 7 heteroatoms. The van der Waals surface area contributed by atoms with Crippen molar-refractivity contribution in [2.75, 3.05) is 24.7 Å². The van der Waals surface area contributed by atoms with Crippen molar-refractivity contribution in [3.63, 3.8) is 0 Å². The molecule has 0 unspecified atom stereocenters. The fourth-order valence-electron chi connectivity index (χ4n) is 3.24. The third kappa shape index (κ3) is 4.20. The molecule has 1 amide bonds. The Morgan fingerprint density at radius 2 is 1.67 bits per heavy atom. The zero-order valence-corrected chi connectivity index (χ0v) is 17.2. The van der Waals surface area contributed by atoms with Gasteiger partial charge in [0.1, 0.15) is 11.4 Å². The van der Waals surface area contributed by atoms with Crippen LogP contribution in [-0.4, -0.2) is 36.1 Å². The van der Waals surface area contributed by atoms with E-state index in [-0.39, 0.29) is 40.3 Å². The second-order valence-corrected chi connectivity index (χ2v) is 7.37. The van der Waals surface area contributed by atoms with Gasteiger partial charge in [0.05, 0.1) is 11.3 Å². The van der Waals surface area contributed by atoms with E-state index in [9.17, 15) is 19.5 Å². The number of anilines is 3. The summed E-state index contributed by atoms with van der Waals surface area (Å²) in [6, 6.07) is 14.5. The second kappa shape index (κ2) is 8.82. The van der Waals surface area contributed by atoms with Crippen LogP contribution < -0.4 is 21.5 Å². The minimum Gasteiger partial charge on any atom is -0.505 e. The molecule has 3 aromatic rings. The number of benzene rings is 2. The summed E-state index contributed by atoms with van der Waals surface area (Å²) in [6.45, 7) is 2.00. The quantitative estimate of drug-likeness (QED) is 0.392. The van der Waals surface area contributed by atoms with E-state index >= 15 is 0 Å². The maximum Gasteiger partial charge on any atom is 0.257 e. The third-order valence-corrected chi connectivity index (χ3v) is 5.01. The summed E-state index contributed by atoms with van der Waals surface area (Å²) in [5, 5.41) is 16.5. The fraction of sp³-hybridized carbons (Fsp3) is 0.261. The minimum atomic E-state index is -0.657. The van der Waals surface area contributed by atoms with Crippen molar-refractivity contribution in [2.45, 2.75) is 25.8 Å². The van der Waals surface area contributed by atoms with Gasteiger partial charge < -0.3 is 20.6 Å².